The normalized spacial score (nSPS) is 14.3. The monoisotopic (exact) mass is 445 g/mol. The maximum absolute atomic E-state index is 13.5. The summed E-state index contributed by atoms with van der Waals surface area (Å²) >= 11 is 1.45. The number of benzene rings is 2. The Hall–Kier alpha value is -3.38. The third-order valence-corrected chi connectivity index (χ3v) is 6.38. The average Bonchev–Trinajstić information content (AvgIpc) is 3.35. The van der Waals surface area contributed by atoms with Gasteiger partial charge in [0.25, 0.3) is 11.8 Å². The Morgan fingerprint density at radius 1 is 0.875 bits per heavy atom. The summed E-state index contributed by atoms with van der Waals surface area (Å²) in [6, 6.07) is 19.2. The Morgan fingerprint density at radius 3 is 2.06 bits per heavy atom. The first-order valence-electron chi connectivity index (χ1n) is 10.5. The quantitative estimate of drug-likeness (QED) is 0.526. The highest BCUT2D eigenvalue weighted by atomic mass is 32.1. The lowest BCUT2D eigenvalue weighted by Crippen LogP contribution is -2.32. The molecule has 1 aliphatic heterocycles. The minimum Gasteiger partial charge on any atom is -0.378 e. The Bertz CT molecular complexity index is 1170. The second kappa shape index (κ2) is 8.28. The minimum atomic E-state index is -0.349. The van der Waals surface area contributed by atoms with Crippen LogP contribution in [0.3, 0.4) is 0 Å². The van der Waals surface area contributed by atoms with Gasteiger partial charge in [-0.15, -0.1) is 11.3 Å². The van der Waals surface area contributed by atoms with E-state index in [9.17, 15) is 9.59 Å². The van der Waals surface area contributed by atoms with Crippen LogP contribution in [0.15, 0.2) is 71.7 Å². The van der Waals surface area contributed by atoms with Crippen molar-refractivity contribution in [2.75, 3.05) is 29.2 Å². The van der Waals surface area contributed by atoms with Crippen LogP contribution in [0.25, 0.3) is 5.57 Å². The number of amides is 2. The fourth-order valence-corrected chi connectivity index (χ4v) is 4.40. The second-order valence-corrected chi connectivity index (χ2v) is 9.98. The Balaban J connectivity index is 1.71. The molecule has 5 nitrogen and oxygen atoms in total. The molecule has 32 heavy (non-hydrogen) atoms. The predicted molar refractivity (Wildman–Crippen MR) is 133 cm³/mol. The molecule has 0 fully saturated rings. The Labute approximate surface area is 193 Å². The number of imide groups is 1. The van der Waals surface area contributed by atoms with Crippen LogP contribution in [0, 0.1) is 0 Å². The second-order valence-electron chi connectivity index (χ2n) is 9.04. The highest BCUT2D eigenvalue weighted by molar-refractivity contribution is 7.11. The molecule has 1 aliphatic rings. The van der Waals surface area contributed by atoms with Crippen molar-refractivity contribution in [2.45, 2.75) is 26.2 Å². The number of hydrogen-bond acceptors (Lipinski definition) is 5. The molecular formula is C26H27N3O2S. The molecule has 1 aromatic heterocycles. The van der Waals surface area contributed by atoms with Gasteiger partial charge in [0.15, 0.2) is 0 Å². The van der Waals surface area contributed by atoms with Crippen molar-refractivity contribution in [1.82, 2.24) is 0 Å². The van der Waals surface area contributed by atoms with E-state index in [0.29, 0.717) is 17.0 Å². The molecule has 6 heteroatoms. The van der Waals surface area contributed by atoms with Gasteiger partial charge in [0.2, 0.25) is 0 Å². The van der Waals surface area contributed by atoms with E-state index in [1.54, 1.807) is 0 Å². The number of nitrogens with zero attached hydrogens (tertiary/aromatic N) is 2. The molecule has 3 aromatic rings. The molecule has 4 rings (SSSR count). The fourth-order valence-electron chi connectivity index (χ4n) is 3.63. The highest BCUT2D eigenvalue weighted by Crippen LogP contribution is 2.36. The summed E-state index contributed by atoms with van der Waals surface area (Å²) in [4.78, 5) is 30.9. The maximum atomic E-state index is 13.5. The van der Waals surface area contributed by atoms with Gasteiger partial charge in [-0.05, 0) is 58.8 Å². The van der Waals surface area contributed by atoms with Gasteiger partial charge in [-0.25, -0.2) is 4.90 Å². The van der Waals surface area contributed by atoms with Gasteiger partial charge in [0, 0.05) is 30.3 Å². The van der Waals surface area contributed by atoms with Crippen LogP contribution >= 0.6 is 11.3 Å². The topological polar surface area (TPSA) is 52.7 Å². The van der Waals surface area contributed by atoms with E-state index in [1.807, 2.05) is 85.0 Å². The van der Waals surface area contributed by atoms with Crippen LogP contribution in [0.4, 0.5) is 17.1 Å². The van der Waals surface area contributed by atoms with E-state index in [4.69, 9.17) is 0 Å². The number of hydrogen-bond donors (Lipinski definition) is 1. The summed E-state index contributed by atoms with van der Waals surface area (Å²) in [7, 11) is 3.95. The number of carbonyl (C=O) groups excluding carboxylic acids is 2. The van der Waals surface area contributed by atoms with Crippen LogP contribution in [0.5, 0.6) is 0 Å². The first-order chi connectivity index (χ1) is 15.2. The van der Waals surface area contributed by atoms with Gasteiger partial charge in [-0.3, -0.25) is 9.59 Å². The Kier molecular flexibility index (Phi) is 5.65. The minimum absolute atomic E-state index is 0.0105. The number of rotatable bonds is 5. The van der Waals surface area contributed by atoms with Crippen LogP contribution in [-0.2, 0) is 15.0 Å². The summed E-state index contributed by atoms with van der Waals surface area (Å²) in [5, 5.41) is 5.12. The van der Waals surface area contributed by atoms with Crippen LogP contribution < -0.4 is 15.1 Å². The number of thiophene rings is 1. The standard InChI is InChI=1S/C26H27N3O2S/c1-26(2,3)17-8-12-20(13-9-17)29-24(30)22(21-7-6-16-32-21)23(25(29)31)27-18-10-14-19(15-11-18)28(4)5/h6-16,27H,1-5H3. The van der Waals surface area contributed by atoms with Crippen molar-refractivity contribution >= 4 is 45.8 Å². The third-order valence-electron chi connectivity index (χ3n) is 5.50. The van der Waals surface area contributed by atoms with E-state index in [2.05, 4.69) is 26.1 Å². The molecule has 0 radical (unpaired) electrons. The molecule has 164 valence electrons. The van der Waals surface area contributed by atoms with Crippen molar-refractivity contribution in [2.24, 2.45) is 0 Å². The summed E-state index contributed by atoms with van der Waals surface area (Å²) in [6.07, 6.45) is 0. The lowest BCUT2D eigenvalue weighted by atomic mass is 9.87. The Morgan fingerprint density at radius 2 is 1.53 bits per heavy atom. The first-order valence-corrected chi connectivity index (χ1v) is 11.4. The van der Waals surface area contributed by atoms with Gasteiger partial charge >= 0.3 is 0 Å². The predicted octanol–water partition coefficient (Wildman–Crippen LogP) is 5.51. The van der Waals surface area contributed by atoms with Gasteiger partial charge < -0.3 is 10.2 Å². The smallest absolute Gasteiger partial charge is 0.282 e. The molecule has 2 aromatic carbocycles. The van der Waals surface area contributed by atoms with Crippen LogP contribution in [0.2, 0.25) is 0 Å². The van der Waals surface area contributed by atoms with Crippen molar-refractivity contribution in [1.29, 1.82) is 0 Å². The zero-order chi connectivity index (χ0) is 23.0. The van der Waals surface area contributed by atoms with Gasteiger partial charge in [0.05, 0.1) is 11.3 Å². The van der Waals surface area contributed by atoms with Crippen molar-refractivity contribution in [3.8, 4) is 0 Å². The van der Waals surface area contributed by atoms with E-state index in [-0.39, 0.29) is 17.2 Å². The molecule has 0 unspecified atom stereocenters. The van der Waals surface area contributed by atoms with Crippen molar-refractivity contribution in [3.63, 3.8) is 0 Å². The van der Waals surface area contributed by atoms with Crippen molar-refractivity contribution in [3.05, 3.63) is 82.2 Å². The van der Waals surface area contributed by atoms with E-state index in [0.717, 1.165) is 21.8 Å². The molecule has 2 amide bonds. The molecule has 0 saturated heterocycles. The molecule has 1 N–H and O–H groups in total. The molecule has 0 spiro atoms. The van der Waals surface area contributed by atoms with Crippen molar-refractivity contribution < 1.29 is 9.59 Å². The maximum Gasteiger partial charge on any atom is 0.282 e. The van der Waals surface area contributed by atoms with E-state index < -0.39 is 0 Å². The van der Waals surface area contributed by atoms with E-state index >= 15 is 0 Å². The highest BCUT2D eigenvalue weighted by Gasteiger charge is 2.40. The molecule has 0 aliphatic carbocycles. The van der Waals surface area contributed by atoms with Gasteiger partial charge in [-0.2, -0.15) is 0 Å². The first kappa shape index (κ1) is 21.8. The summed E-state index contributed by atoms with van der Waals surface area (Å²) in [5.41, 5.74) is 4.22. The lowest BCUT2D eigenvalue weighted by Gasteiger charge is -2.21. The number of anilines is 3. The third kappa shape index (κ3) is 4.06. The fraction of sp³-hybridized carbons (Fsp3) is 0.231. The van der Waals surface area contributed by atoms with Crippen LogP contribution in [-0.4, -0.2) is 25.9 Å². The molecule has 2 heterocycles. The van der Waals surface area contributed by atoms with Crippen LogP contribution in [0.1, 0.15) is 31.2 Å². The summed E-state index contributed by atoms with van der Waals surface area (Å²) < 4.78 is 0. The SMILES string of the molecule is CN(C)c1ccc(NC2=C(c3cccs3)C(=O)N(c3ccc(C(C)(C)C)cc3)C2=O)cc1. The lowest BCUT2D eigenvalue weighted by molar-refractivity contribution is -0.120. The van der Waals surface area contributed by atoms with Gasteiger partial charge in [-0.1, -0.05) is 39.0 Å². The molecule has 0 bridgehead atoms. The molecular weight excluding hydrogens is 418 g/mol. The summed E-state index contributed by atoms with van der Waals surface area (Å²) in [6.45, 7) is 6.40. The van der Waals surface area contributed by atoms with Gasteiger partial charge in [0.1, 0.15) is 5.70 Å². The zero-order valence-corrected chi connectivity index (χ0v) is 19.8. The number of nitrogens with one attached hydrogen (secondary N) is 1. The number of carbonyl (C=O) groups is 2. The largest absolute Gasteiger partial charge is 0.378 e. The molecule has 0 saturated carbocycles. The molecule has 0 atom stereocenters. The summed E-state index contributed by atoms with van der Waals surface area (Å²) in [5.74, 6) is -0.660. The average molecular weight is 446 g/mol. The van der Waals surface area contributed by atoms with E-state index in [1.165, 1.54) is 16.2 Å². The zero-order valence-electron chi connectivity index (χ0n) is 19.0.